The molecule has 18 heavy (non-hydrogen) atoms. The molecule has 1 aliphatic carbocycles. The van der Waals surface area contributed by atoms with Gasteiger partial charge in [-0.3, -0.25) is 0 Å². The molecule has 0 spiro atoms. The van der Waals surface area contributed by atoms with Crippen molar-refractivity contribution in [1.82, 2.24) is 5.32 Å². The molecule has 3 heteroatoms. The molecule has 2 heterocycles. The maximum atomic E-state index is 3.98. The normalized spacial score (nSPS) is 31.0. The lowest BCUT2D eigenvalue weighted by atomic mass is 9.81. The SMILES string of the molecule is CC1(C)CCSCC1NC1CCCc2sccc21. The number of aryl methyl sites for hydroxylation is 1. The molecule has 1 N–H and O–H groups in total. The molecule has 1 fully saturated rings. The highest BCUT2D eigenvalue weighted by atomic mass is 32.2. The molecule has 3 rings (SSSR count). The molecule has 1 aromatic rings. The molecule has 1 saturated heterocycles. The van der Waals surface area contributed by atoms with Crippen molar-refractivity contribution in [2.75, 3.05) is 11.5 Å². The third-order valence-corrected chi connectivity index (χ3v) is 6.63. The lowest BCUT2D eigenvalue weighted by Crippen LogP contribution is -2.48. The van der Waals surface area contributed by atoms with E-state index in [0.717, 1.165) is 0 Å². The summed E-state index contributed by atoms with van der Waals surface area (Å²) in [6.45, 7) is 4.86. The van der Waals surface area contributed by atoms with Gasteiger partial charge in [-0.1, -0.05) is 13.8 Å². The highest BCUT2D eigenvalue weighted by molar-refractivity contribution is 7.99. The van der Waals surface area contributed by atoms with Gasteiger partial charge >= 0.3 is 0 Å². The largest absolute Gasteiger partial charge is 0.306 e. The van der Waals surface area contributed by atoms with Gasteiger partial charge in [0.05, 0.1) is 0 Å². The van der Waals surface area contributed by atoms with Crippen LogP contribution >= 0.6 is 23.1 Å². The second-order valence-corrected chi connectivity index (χ2v) is 8.43. The van der Waals surface area contributed by atoms with Crippen molar-refractivity contribution in [1.29, 1.82) is 0 Å². The molecule has 2 unspecified atom stereocenters. The Hall–Kier alpha value is 0.0100. The van der Waals surface area contributed by atoms with Crippen molar-refractivity contribution < 1.29 is 0 Å². The highest BCUT2D eigenvalue weighted by Gasteiger charge is 2.35. The van der Waals surface area contributed by atoms with E-state index in [0.29, 0.717) is 17.5 Å². The second-order valence-electron chi connectivity index (χ2n) is 6.28. The molecule has 0 saturated carbocycles. The Labute approximate surface area is 119 Å². The molecule has 2 aliphatic rings. The minimum absolute atomic E-state index is 0.457. The Bertz CT molecular complexity index is 410. The maximum Gasteiger partial charge on any atom is 0.0334 e. The maximum absolute atomic E-state index is 3.98. The topological polar surface area (TPSA) is 12.0 Å². The van der Waals surface area contributed by atoms with Crippen LogP contribution in [0, 0.1) is 5.41 Å². The number of rotatable bonds is 2. The summed E-state index contributed by atoms with van der Waals surface area (Å²) in [5.41, 5.74) is 2.05. The van der Waals surface area contributed by atoms with Gasteiger partial charge in [-0.2, -0.15) is 11.8 Å². The van der Waals surface area contributed by atoms with E-state index in [-0.39, 0.29) is 0 Å². The fraction of sp³-hybridized carbons (Fsp3) is 0.733. The third-order valence-electron chi connectivity index (χ3n) is 4.57. The van der Waals surface area contributed by atoms with E-state index in [4.69, 9.17) is 0 Å². The second kappa shape index (κ2) is 5.18. The first kappa shape index (κ1) is 13.0. The molecule has 0 aromatic carbocycles. The fourth-order valence-corrected chi connectivity index (χ4v) is 5.72. The van der Waals surface area contributed by atoms with Gasteiger partial charge in [-0.25, -0.2) is 0 Å². The summed E-state index contributed by atoms with van der Waals surface area (Å²) in [6, 6.07) is 3.63. The summed E-state index contributed by atoms with van der Waals surface area (Å²) in [6.07, 6.45) is 5.32. The van der Waals surface area contributed by atoms with Crippen LogP contribution in [0.3, 0.4) is 0 Å². The summed E-state index contributed by atoms with van der Waals surface area (Å²) >= 11 is 4.06. The van der Waals surface area contributed by atoms with E-state index >= 15 is 0 Å². The van der Waals surface area contributed by atoms with E-state index < -0.39 is 0 Å². The van der Waals surface area contributed by atoms with Crippen LogP contribution in [-0.4, -0.2) is 17.5 Å². The Balaban J connectivity index is 1.74. The number of thioether (sulfide) groups is 1. The molecule has 0 bridgehead atoms. The van der Waals surface area contributed by atoms with Crippen LogP contribution in [0.2, 0.25) is 0 Å². The predicted octanol–water partition coefficient (Wildman–Crippen LogP) is 4.25. The Morgan fingerprint density at radius 3 is 3.11 bits per heavy atom. The molecule has 0 radical (unpaired) electrons. The van der Waals surface area contributed by atoms with Gasteiger partial charge in [-0.05, 0) is 53.9 Å². The van der Waals surface area contributed by atoms with Gasteiger partial charge in [-0.15, -0.1) is 11.3 Å². The molecule has 0 amide bonds. The molecule has 1 nitrogen and oxygen atoms in total. The summed E-state index contributed by atoms with van der Waals surface area (Å²) in [5.74, 6) is 2.61. The standard InChI is InChI=1S/C15H23NS2/c1-15(2)7-9-17-10-14(15)16-12-4-3-5-13-11(12)6-8-18-13/h6,8,12,14,16H,3-5,7,9-10H2,1-2H3. The third kappa shape index (κ3) is 2.50. The first-order chi connectivity index (χ1) is 8.67. The van der Waals surface area contributed by atoms with Crippen LogP contribution in [-0.2, 0) is 6.42 Å². The Morgan fingerprint density at radius 1 is 1.39 bits per heavy atom. The number of fused-ring (bicyclic) bond motifs is 1. The molecule has 2 atom stereocenters. The number of hydrogen-bond donors (Lipinski definition) is 1. The lowest BCUT2D eigenvalue weighted by molar-refractivity contribution is 0.222. The van der Waals surface area contributed by atoms with Gasteiger partial charge in [0.2, 0.25) is 0 Å². The van der Waals surface area contributed by atoms with Crippen molar-refractivity contribution >= 4 is 23.1 Å². The van der Waals surface area contributed by atoms with Gasteiger partial charge in [0, 0.05) is 22.7 Å². The van der Waals surface area contributed by atoms with Gasteiger partial charge in [0.25, 0.3) is 0 Å². The minimum Gasteiger partial charge on any atom is -0.306 e. The summed E-state index contributed by atoms with van der Waals surface area (Å²) < 4.78 is 0. The van der Waals surface area contributed by atoms with Crippen molar-refractivity contribution in [2.24, 2.45) is 5.41 Å². The van der Waals surface area contributed by atoms with Crippen molar-refractivity contribution in [3.05, 3.63) is 21.9 Å². The number of thiophene rings is 1. The Kier molecular flexibility index (Phi) is 3.75. The van der Waals surface area contributed by atoms with E-state index in [1.165, 1.54) is 37.2 Å². The lowest BCUT2D eigenvalue weighted by Gasteiger charge is -2.41. The van der Waals surface area contributed by atoms with E-state index in [1.54, 1.807) is 10.4 Å². The molecule has 1 aromatic heterocycles. The van der Waals surface area contributed by atoms with Crippen LogP contribution in [0.15, 0.2) is 11.4 Å². The fourth-order valence-electron chi connectivity index (χ4n) is 3.11. The zero-order valence-corrected chi connectivity index (χ0v) is 13.0. The monoisotopic (exact) mass is 281 g/mol. The van der Waals surface area contributed by atoms with Crippen LogP contribution in [0.1, 0.15) is 49.6 Å². The molecular weight excluding hydrogens is 258 g/mol. The average molecular weight is 281 g/mol. The Morgan fingerprint density at radius 2 is 2.28 bits per heavy atom. The van der Waals surface area contributed by atoms with Crippen LogP contribution in [0.25, 0.3) is 0 Å². The van der Waals surface area contributed by atoms with Gasteiger partial charge < -0.3 is 5.32 Å². The van der Waals surface area contributed by atoms with E-state index in [2.05, 4.69) is 42.4 Å². The smallest absolute Gasteiger partial charge is 0.0334 e. The van der Waals surface area contributed by atoms with E-state index in [1.807, 2.05) is 11.3 Å². The molecule has 100 valence electrons. The number of hydrogen-bond acceptors (Lipinski definition) is 3. The molecular formula is C15H23NS2. The first-order valence-electron chi connectivity index (χ1n) is 7.07. The van der Waals surface area contributed by atoms with Gasteiger partial charge in [0.15, 0.2) is 0 Å². The predicted molar refractivity (Wildman–Crippen MR) is 82.6 cm³/mol. The van der Waals surface area contributed by atoms with Crippen LogP contribution in [0.4, 0.5) is 0 Å². The minimum atomic E-state index is 0.457. The van der Waals surface area contributed by atoms with Crippen LogP contribution in [0.5, 0.6) is 0 Å². The highest BCUT2D eigenvalue weighted by Crippen LogP contribution is 2.38. The van der Waals surface area contributed by atoms with Crippen molar-refractivity contribution in [3.8, 4) is 0 Å². The van der Waals surface area contributed by atoms with Crippen LogP contribution < -0.4 is 5.32 Å². The zero-order valence-electron chi connectivity index (χ0n) is 11.4. The first-order valence-corrected chi connectivity index (χ1v) is 9.10. The molecule has 1 aliphatic heterocycles. The summed E-state index contributed by atoms with van der Waals surface area (Å²) in [4.78, 5) is 1.63. The number of nitrogens with one attached hydrogen (secondary N) is 1. The quantitative estimate of drug-likeness (QED) is 0.870. The van der Waals surface area contributed by atoms with Crippen molar-refractivity contribution in [2.45, 2.75) is 51.6 Å². The average Bonchev–Trinajstić information content (AvgIpc) is 2.81. The van der Waals surface area contributed by atoms with E-state index in [9.17, 15) is 0 Å². The summed E-state index contributed by atoms with van der Waals surface area (Å²) in [7, 11) is 0. The van der Waals surface area contributed by atoms with Crippen molar-refractivity contribution in [3.63, 3.8) is 0 Å². The van der Waals surface area contributed by atoms with Gasteiger partial charge in [0.1, 0.15) is 0 Å². The zero-order chi connectivity index (χ0) is 12.6. The summed E-state index contributed by atoms with van der Waals surface area (Å²) in [5, 5.41) is 6.25.